The third-order valence-corrected chi connectivity index (χ3v) is 4.15. The molecular formula is C9H13BrN2OS. The second-order valence-corrected chi connectivity index (χ2v) is 4.96. The lowest BCUT2D eigenvalue weighted by atomic mass is 10.1. The summed E-state index contributed by atoms with van der Waals surface area (Å²) < 4.78 is 0. The summed E-state index contributed by atoms with van der Waals surface area (Å²) in [6, 6.07) is 0. The number of alkyl halides is 1. The minimum absolute atomic E-state index is 0.0318. The molecule has 0 fully saturated rings. The van der Waals surface area contributed by atoms with Gasteiger partial charge in [0, 0.05) is 23.3 Å². The van der Waals surface area contributed by atoms with E-state index in [-0.39, 0.29) is 11.4 Å². The van der Waals surface area contributed by atoms with E-state index in [0.717, 1.165) is 5.33 Å². The summed E-state index contributed by atoms with van der Waals surface area (Å²) in [5.41, 5.74) is 2.00. The summed E-state index contributed by atoms with van der Waals surface area (Å²) in [4.78, 5) is 17.6. The van der Waals surface area contributed by atoms with Crippen LogP contribution in [0.4, 0.5) is 0 Å². The summed E-state index contributed by atoms with van der Waals surface area (Å²) in [7, 11) is 1.79. The molecule has 0 bridgehead atoms. The molecule has 0 aromatic carbocycles. The highest BCUT2D eigenvalue weighted by molar-refractivity contribution is 9.09. The number of hydrogen-bond acceptors (Lipinski definition) is 3. The average Bonchev–Trinajstić information content (AvgIpc) is 2.68. The summed E-state index contributed by atoms with van der Waals surface area (Å²) in [6.45, 7) is 4.01. The lowest BCUT2D eigenvalue weighted by Gasteiger charge is -2.33. The van der Waals surface area contributed by atoms with Gasteiger partial charge >= 0.3 is 0 Å². The second-order valence-electron chi connectivity index (χ2n) is 3.68. The van der Waals surface area contributed by atoms with Crippen molar-refractivity contribution < 1.29 is 4.79 Å². The Bertz CT molecular complexity index is 311. The van der Waals surface area contributed by atoms with E-state index in [0.29, 0.717) is 5.69 Å². The molecule has 1 aromatic rings. The first-order valence-electron chi connectivity index (χ1n) is 4.21. The predicted octanol–water partition coefficient (Wildman–Crippen LogP) is 2.39. The maximum absolute atomic E-state index is 11.9. The van der Waals surface area contributed by atoms with Crippen LogP contribution in [0.1, 0.15) is 24.3 Å². The molecule has 0 spiro atoms. The lowest BCUT2D eigenvalue weighted by molar-refractivity contribution is 0.0658. The Balaban J connectivity index is 2.81. The van der Waals surface area contributed by atoms with Gasteiger partial charge in [0.25, 0.3) is 5.91 Å². The third kappa shape index (κ3) is 2.33. The highest BCUT2D eigenvalue weighted by Crippen LogP contribution is 2.18. The molecule has 0 aliphatic heterocycles. The number of nitrogens with zero attached hydrogens (tertiary/aromatic N) is 2. The lowest BCUT2D eigenvalue weighted by Crippen LogP contribution is -2.46. The number of rotatable bonds is 3. The van der Waals surface area contributed by atoms with Crippen molar-refractivity contribution in [1.82, 2.24) is 9.88 Å². The Labute approximate surface area is 96.3 Å². The van der Waals surface area contributed by atoms with Gasteiger partial charge in [-0.1, -0.05) is 15.9 Å². The van der Waals surface area contributed by atoms with Crippen molar-refractivity contribution in [2.45, 2.75) is 19.4 Å². The van der Waals surface area contributed by atoms with Crippen molar-refractivity contribution >= 4 is 33.2 Å². The molecule has 0 N–H and O–H groups in total. The minimum Gasteiger partial charge on any atom is -0.334 e. The second kappa shape index (κ2) is 4.40. The average molecular weight is 277 g/mol. The molecule has 3 nitrogen and oxygen atoms in total. The standard InChI is InChI=1S/C9H13BrN2OS/c1-9(2,5-10)12(3)8(13)7-4-14-6-11-7/h4,6H,5H2,1-3H3. The fourth-order valence-electron chi connectivity index (χ4n) is 0.855. The zero-order valence-electron chi connectivity index (χ0n) is 8.45. The van der Waals surface area contributed by atoms with Gasteiger partial charge in [0.2, 0.25) is 0 Å². The molecule has 1 rings (SSSR count). The van der Waals surface area contributed by atoms with Crippen LogP contribution < -0.4 is 0 Å². The first-order valence-corrected chi connectivity index (χ1v) is 6.28. The van der Waals surface area contributed by atoms with Crippen LogP contribution in [0.5, 0.6) is 0 Å². The van der Waals surface area contributed by atoms with Gasteiger partial charge in [-0.15, -0.1) is 11.3 Å². The number of halogens is 1. The van der Waals surface area contributed by atoms with Crippen molar-refractivity contribution in [3.8, 4) is 0 Å². The van der Waals surface area contributed by atoms with Crippen LogP contribution in [0.3, 0.4) is 0 Å². The molecule has 5 heteroatoms. The van der Waals surface area contributed by atoms with Gasteiger partial charge in [0.05, 0.1) is 5.51 Å². The van der Waals surface area contributed by atoms with E-state index >= 15 is 0 Å². The maximum atomic E-state index is 11.9. The highest BCUT2D eigenvalue weighted by Gasteiger charge is 2.27. The Morgan fingerprint density at radius 2 is 2.36 bits per heavy atom. The van der Waals surface area contributed by atoms with Gasteiger partial charge < -0.3 is 4.90 Å². The number of hydrogen-bond donors (Lipinski definition) is 0. The molecule has 1 heterocycles. The number of carbonyl (C=O) groups is 1. The Kier molecular flexibility index (Phi) is 3.66. The molecule has 1 aromatic heterocycles. The van der Waals surface area contributed by atoms with Crippen LogP contribution >= 0.6 is 27.3 Å². The van der Waals surface area contributed by atoms with Crippen LogP contribution in [0.25, 0.3) is 0 Å². The smallest absolute Gasteiger partial charge is 0.273 e. The molecule has 0 unspecified atom stereocenters. The first kappa shape index (κ1) is 11.7. The van der Waals surface area contributed by atoms with Gasteiger partial charge in [-0.3, -0.25) is 4.79 Å². The van der Waals surface area contributed by atoms with Crippen molar-refractivity contribution in [3.63, 3.8) is 0 Å². The van der Waals surface area contributed by atoms with Crippen molar-refractivity contribution in [2.24, 2.45) is 0 Å². The number of aromatic nitrogens is 1. The predicted molar refractivity (Wildman–Crippen MR) is 62.1 cm³/mol. The molecule has 14 heavy (non-hydrogen) atoms. The zero-order chi connectivity index (χ0) is 10.8. The normalized spacial score (nSPS) is 11.4. The number of thiazole rings is 1. The van der Waals surface area contributed by atoms with Gasteiger partial charge in [0.15, 0.2) is 0 Å². The summed E-state index contributed by atoms with van der Waals surface area (Å²) in [5, 5.41) is 2.51. The molecule has 1 amide bonds. The van der Waals surface area contributed by atoms with E-state index in [1.807, 2.05) is 13.8 Å². The largest absolute Gasteiger partial charge is 0.334 e. The van der Waals surface area contributed by atoms with Gasteiger partial charge in [-0.2, -0.15) is 0 Å². The van der Waals surface area contributed by atoms with Crippen LogP contribution in [0, 0.1) is 0 Å². The maximum Gasteiger partial charge on any atom is 0.273 e. The number of carbonyl (C=O) groups excluding carboxylic acids is 1. The van der Waals surface area contributed by atoms with Gasteiger partial charge in [-0.05, 0) is 13.8 Å². The Morgan fingerprint density at radius 1 is 1.71 bits per heavy atom. The summed E-state index contributed by atoms with van der Waals surface area (Å²) >= 11 is 4.82. The fraction of sp³-hybridized carbons (Fsp3) is 0.556. The molecule has 0 aliphatic carbocycles. The fourth-order valence-corrected chi connectivity index (χ4v) is 1.76. The van der Waals surface area contributed by atoms with Crippen molar-refractivity contribution in [3.05, 3.63) is 16.6 Å². The molecule has 0 saturated carbocycles. The highest BCUT2D eigenvalue weighted by atomic mass is 79.9. The topological polar surface area (TPSA) is 33.2 Å². The van der Waals surface area contributed by atoms with E-state index in [2.05, 4.69) is 20.9 Å². The zero-order valence-corrected chi connectivity index (χ0v) is 10.9. The third-order valence-electron chi connectivity index (χ3n) is 2.19. The molecule has 0 atom stereocenters. The van der Waals surface area contributed by atoms with Crippen molar-refractivity contribution in [1.29, 1.82) is 0 Å². The molecule has 0 radical (unpaired) electrons. The van der Waals surface area contributed by atoms with Crippen molar-refractivity contribution in [2.75, 3.05) is 12.4 Å². The monoisotopic (exact) mass is 276 g/mol. The Morgan fingerprint density at radius 3 is 2.79 bits per heavy atom. The minimum atomic E-state index is -0.194. The van der Waals surface area contributed by atoms with Crippen LogP contribution in [0.2, 0.25) is 0 Å². The van der Waals surface area contributed by atoms with E-state index < -0.39 is 0 Å². The molecule has 78 valence electrons. The van der Waals surface area contributed by atoms with Crippen LogP contribution in [-0.4, -0.2) is 33.7 Å². The summed E-state index contributed by atoms with van der Waals surface area (Å²) in [5.74, 6) is -0.0318. The molecule has 0 saturated heterocycles. The Hall–Kier alpha value is -0.420. The molecule has 0 aliphatic rings. The van der Waals surface area contributed by atoms with Gasteiger partial charge in [0.1, 0.15) is 5.69 Å². The summed E-state index contributed by atoms with van der Waals surface area (Å²) in [6.07, 6.45) is 0. The SMILES string of the molecule is CN(C(=O)c1cscn1)C(C)(C)CBr. The first-order chi connectivity index (χ1) is 6.49. The van der Waals surface area contributed by atoms with Crippen LogP contribution in [-0.2, 0) is 0 Å². The van der Waals surface area contributed by atoms with E-state index in [1.165, 1.54) is 11.3 Å². The van der Waals surface area contributed by atoms with Crippen LogP contribution in [0.15, 0.2) is 10.9 Å². The molecular weight excluding hydrogens is 264 g/mol. The quantitative estimate of drug-likeness (QED) is 0.795. The van der Waals surface area contributed by atoms with Gasteiger partial charge in [-0.25, -0.2) is 4.98 Å². The van der Waals surface area contributed by atoms with E-state index in [1.54, 1.807) is 22.8 Å². The number of amides is 1. The van der Waals surface area contributed by atoms with E-state index in [4.69, 9.17) is 0 Å². The van der Waals surface area contributed by atoms with E-state index in [9.17, 15) is 4.79 Å².